The Bertz CT molecular complexity index is 100. The van der Waals surface area contributed by atoms with Crippen LogP contribution in [0, 0.1) is 5.92 Å². The molecule has 1 atom stereocenters. The normalized spacial score (nSPS) is 23.2. The smallest absolute Gasteiger partial charge is 0.0431 e. The Labute approximate surface area is 75.4 Å². The highest BCUT2D eigenvalue weighted by Gasteiger charge is 2.14. The summed E-state index contributed by atoms with van der Waals surface area (Å²) >= 11 is 0. The van der Waals surface area contributed by atoms with E-state index in [-0.39, 0.29) is 0 Å². The van der Waals surface area contributed by atoms with E-state index in [1.165, 1.54) is 32.1 Å². The lowest BCUT2D eigenvalue weighted by Crippen LogP contribution is -2.02. The number of hydrogen-bond donors (Lipinski definition) is 1. The van der Waals surface area contributed by atoms with Crippen LogP contribution in [-0.4, -0.2) is 24.8 Å². The Morgan fingerprint density at radius 3 is 2.67 bits per heavy atom. The number of aliphatic hydroxyl groups is 1. The molecular weight excluding hydrogens is 150 g/mol. The average Bonchev–Trinajstić information content (AvgIpc) is 2.57. The second kappa shape index (κ2) is 6.44. The molecule has 0 saturated carbocycles. The molecule has 1 saturated heterocycles. The van der Waals surface area contributed by atoms with Crippen LogP contribution in [0.5, 0.6) is 0 Å². The largest absolute Gasteiger partial charge is 0.396 e. The van der Waals surface area contributed by atoms with Crippen LogP contribution in [0.2, 0.25) is 0 Å². The van der Waals surface area contributed by atoms with Gasteiger partial charge in [-0.05, 0) is 25.2 Å². The van der Waals surface area contributed by atoms with Crippen molar-refractivity contribution in [1.29, 1.82) is 0 Å². The van der Waals surface area contributed by atoms with Crippen LogP contribution in [0.25, 0.3) is 0 Å². The molecule has 1 fully saturated rings. The first-order valence-electron chi connectivity index (χ1n) is 5.17. The highest BCUT2D eigenvalue weighted by atomic mass is 16.2. The molecule has 0 bridgehead atoms. The van der Waals surface area contributed by atoms with Gasteiger partial charge in [-0.3, -0.25) is 0 Å². The number of hydrogen-bond acceptors (Lipinski definition) is 1. The number of aliphatic hydroxyl groups excluding tert-OH is 1. The molecule has 1 aliphatic rings. The Morgan fingerprint density at radius 2 is 2.00 bits per heavy atom. The molecule has 2 nitrogen and oxygen atoms in total. The monoisotopic (exact) mass is 170 g/mol. The summed E-state index contributed by atoms with van der Waals surface area (Å²) in [7, 11) is 0. The van der Waals surface area contributed by atoms with Crippen LogP contribution in [-0.2, 0) is 0 Å². The molecule has 1 unspecified atom stereocenters. The van der Waals surface area contributed by atoms with Crippen molar-refractivity contribution in [2.75, 3.05) is 19.7 Å². The molecule has 1 radical (unpaired) electrons. The summed E-state index contributed by atoms with van der Waals surface area (Å²) in [5, 5.41) is 12.9. The zero-order valence-electron chi connectivity index (χ0n) is 7.84. The molecule has 1 heterocycles. The van der Waals surface area contributed by atoms with E-state index in [9.17, 15) is 0 Å². The van der Waals surface area contributed by atoms with Gasteiger partial charge in [-0.15, -0.1) is 0 Å². The first kappa shape index (κ1) is 10.0. The predicted octanol–water partition coefficient (Wildman–Crippen LogP) is 1.55. The van der Waals surface area contributed by atoms with Crippen molar-refractivity contribution in [3.63, 3.8) is 0 Å². The van der Waals surface area contributed by atoms with Crippen LogP contribution in [0.1, 0.15) is 38.5 Å². The molecule has 12 heavy (non-hydrogen) atoms. The fourth-order valence-electron chi connectivity index (χ4n) is 1.77. The Balaban J connectivity index is 1.81. The lowest BCUT2D eigenvalue weighted by atomic mass is 10.0. The fourth-order valence-corrected chi connectivity index (χ4v) is 1.77. The maximum absolute atomic E-state index is 8.56. The van der Waals surface area contributed by atoms with Gasteiger partial charge in [0, 0.05) is 19.7 Å². The van der Waals surface area contributed by atoms with Crippen LogP contribution in [0.15, 0.2) is 0 Å². The fraction of sp³-hybridized carbons (Fsp3) is 1.00. The van der Waals surface area contributed by atoms with Crippen LogP contribution < -0.4 is 5.32 Å². The van der Waals surface area contributed by atoms with Gasteiger partial charge >= 0.3 is 0 Å². The van der Waals surface area contributed by atoms with Gasteiger partial charge in [0.25, 0.3) is 0 Å². The van der Waals surface area contributed by atoms with Gasteiger partial charge in [-0.2, -0.15) is 0 Å². The summed E-state index contributed by atoms with van der Waals surface area (Å²) in [5.74, 6) is 0.888. The molecule has 0 aromatic rings. The molecule has 0 aromatic heterocycles. The third kappa shape index (κ3) is 4.07. The third-order valence-corrected chi connectivity index (χ3v) is 2.60. The molecule has 0 aromatic carbocycles. The summed E-state index contributed by atoms with van der Waals surface area (Å²) < 4.78 is 0. The molecule has 1 N–H and O–H groups in total. The van der Waals surface area contributed by atoms with Crippen molar-refractivity contribution in [2.45, 2.75) is 38.5 Å². The van der Waals surface area contributed by atoms with Gasteiger partial charge in [0.15, 0.2) is 0 Å². The summed E-state index contributed by atoms with van der Waals surface area (Å²) in [4.78, 5) is 0. The van der Waals surface area contributed by atoms with Gasteiger partial charge in [0.1, 0.15) is 0 Å². The van der Waals surface area contributed by atoms with Crippen LogP contribution in [0.4, 0.5) is 0 Å². The standard InChI is InChI=1S/C10H20NO/c12-8-4-2-1-3-5-10-6-7-11-9-10/h10,12H,1-9H2. The van der Waals surface area contributed by atoms with E-state index >= 15 is 0 Å². The summed E-state index contributed by atoms with van der Waals surface area (Å²) in [5.41, 5.74) is 0. The maximum atomic E-state index is 8.56. The van der Waals surface area contributed by atoms with E-state index in [1.54, 1.807) is 0 Å². The van der Waals surface area contributed by atoms with E-state index in [0.29, 0.717) is 6.61 Å². The third-order valence-electron chi connectivity index (χ3n) is 2.60. The zero-order chi connectivity index (χ0) is 8.65. The summed E-state index contributed by atoms with van der Waals surface area (Å²) in [6.45, 7) is 2.57. The minimum absolute atomic E-state index is 0.360. The number of rotatable bonds is 6. The van der Waals surface area contributed by atoms with E-state index in [4.69, 9.17) is 5.11 Å². The van der Waals surface area contributed by atoms with Crippen molar-refractivity contribution >= 4 is 0 Å². The molecule has 1 rings (SSSR count). The van der Waals surface area contributed by atoms with Gasteiger partial charge in [-0.1, -0.05) is 19.3 Å². The van der Waals surface area contributed by atoms with Crippen molar-refractivity contribution < 1.29 is 5.11 Å². The molecule has 0 amide bonds. The molecular formula is C10H20NO. The lowest BCUT2D eigenvalue weighted by molar-refractivity contribution is 0.281. The van der Waals surface area contributed by atoms with Crippen molar-refractivity contribution in [3.05, 3.63) is 0 Å². The maximum Gasteiger partial charge on any atom is 0.0431 e. The quantitative estimate of drug-likeness (QED) is 0.603. The molecule has 71 valence electrons. The highest BCUT2D eigenvalue weighted by Crippen LogP contribution is 2.17. The van der Waals surface area contributed by atoms with E-state index in [0.717, 1.165) is 25.4 Å². The first-order valence-corrected chi connectivity index (χ1v) is 5.17. The van der Waals surface area contributed by atoms with Gasteiger partial charge < -0.3 is 5.11 Å². The lowest BCUT2D eigenvalue weighted by Gasteiger charge is -2.06. The topological polar surface area (TPSA) is 34.3 Å². The zero-order valence-corrected chi connectivity index (χ0v) is 7.84. The van der Waals surface area contributed by atoms with Crippen molar-refractivity contribution in [2.24, 2.45) is 5.92 Å². The second-order valence-electron chi connectivity index (χ2n) is 3.71. The molecule has 0 aliphatic carbocycles. The average molecular weight is 170 g/mol. The van der Waals surface area contributed by atoms with Crippen LogP contribution >= 0.6 is 0 Å². The van der Waals surface area contributed by atoms with Gasteiger partial charge in [0.05, 0.1) is 0 Å². The Morgan fingerprint density at radius 1 is 1.17 bits per heavy atom. The van der Waals surface area contributed by atoms with Crippen molar-refractivity contribution in [3.8, 4) is 0 Å². The Hall–Kier alpha value is -0.0800. The minimum atomic E-state index is 0.360. The van der Waals surface area contributed by atoms with Crippen molar-refractivity contribution in [1.82, 2.24) is 5.32 Å². The van der Waals surface area contributed by atoms with Gasteiger partial charge in [0.2, 0.25) is 0 Å². The van der Waals surface area contributed by atoms with E-state index in [2.05, 4.69) is 5.32 Å². The van der Waals surface area contributed by atoms with E-state index < -0.39 is 0 Å². The number of nitrogens with zero attached hydrogens (tertiary/aromatic N) is 1. The molecule has 0 spiro atoms. The molecule has 2 heteroatoms. The second-order valence-corrected chi connectivity index (χ2v) is 3.71. The summed E-state index contributed by atoms with van der Waals surface area (Å²) in [6.07, 6.45) is 7.47. The highest BCUT2D eigenvalue weighted by molar-refractivity contribution is 4.70. The van der Waals surface area contributed by atoms with E-state index in [1.807, 2.05) is 0 Å². The van der Waals surface area contributed by atoms with Gasteiger partial charge in [-0.25, -0.2) is 5.32 Å². The SMILES string of the molecule is OCCCCCCC1CC[N]C1. The Kier molecular flexibility index (Phi) is 5.37. The minimum Gasteiger partial charge on any atom is -0.396 e. The summed E-state index contributed by atoms with van der Waals surface area (Å²) in [6, 6.07) is 0. The number of unbranched alkanes of at least 4 members (excludes halogenated alkanes) is 3. The predicted molar refractivity (Wildman–Crippen MR) is 50.1 cm³/mol. The van der Waals surface area contributed by atoms with Crippen LogP contribution in [0.3, 0.4) is 0 Å². The molecule has 1 aliphatic heterocycles. The first-order chi connectivity index (χ1) is 5.93.